The van der Waals surface area contributed by atoms with E-state index in [0.717, 1.165) is 48.4 Å². The molecule has 3 rings (SSSR count). The summed E-state index contributed by atoms with van der Waals surface area (Å²) >= 11 is 3.52. The third-order valence-electron chi connectivity index (χ3n) is 4.72. The molecule has 27 heavy (non-hydrogen) atoms. The minimum atomic E-state index is 0.0570. The fraction of sp³-hybridized carbons (Fsp3) is 0.318. The van der Waals surface area contributed by atoms with E-state index in [-0.39, 0.29) is 11.8 Å². The summed E-state index contributed by atoms with van der Waals surface area (Å²) in [6, 6.07) is 15.9. The third-order valence-corrected chi connectivity index (χ3v) is 5.22. The SMILES string of the molecule is C=CCOc1cccc(NC(=O)C2CCN(Cc3cccc(Br)c3)CC2)c1. The molecule has 0 spiro atoms. The summed E-state index contributed by atoms with van der Waals surface area (Å²) in [5.74, 6) is 0.885. The number of carbonyl (C=O) groups is 1. The van der Waals surface area contributed by atoms with Crippen molar-refractivity contribution in [2.45, 2.75) is 19.4 Å². The zero-order chi connectivity index (χ0) is 19.1. The molecule has 4 nitrogen and oxygen atoms in total. The second-order valence-electron chi connectivity index (χ2n) is 6.80. The van der Waals surface area contributed by atoms with E-state index in [2.05, 4.69) is 50.9 Å². The van der Waals surface area contributed by atoms with Crippen molar-refractivity contribution in [3.05, 3.63) is 71.2 Å². The topological polar surface area (TPSA) is 41.6 Å². The summed E-state index contributed by atoms with van der Waals surface area (Å²) in [7, 11) is 0. The summed E-state index contributed by atoms with van der Waals surface area (Å²) in [6.07, 6.45) is 3.46. The van der Waals surface area contributed by atoms with E-state index in [1.54, 1.807) is 6.08 Å². The molecule has 1 N–H and O–H groups in total. The summed E-state index contributed by atoms with van der Waals surface area (Å²) in [5, 5.41) is 3.03. The van der Waals surface area contributed by atoms with Gasteiger partial charge >= 0.3 is 0 Å². The van der Waals surface area contributed by atoms with Crippen LogP contribution in [0.3, 0.4) is 0 Å². The van der Waals surface area contributed by atoms with Gasteiger partial charge in [-0.25, -0.2) is 0 Å². The van der Waals surface area contributed by atoms with E-state index < -0.39 is 0 Å². The van der Waals surface area contributed by atoms with Crippen LogP contribution in [0.4, 0.5) is 5.69 Å². The standard InChI is InChI=1S/C22H25BrN2O2/c1-2-13-27-21-8-4-7-20(15-21)24-22(26)18-9-11-25(12-10-18)16-17-5-3-6-19(23)14-17/h2-8,14-15,18H,1,9-13,16H2,(H,24,26). The van der Waals surface area contributed by atoms with E-state index >= 15 is 0 Å². The number of nitrogens with one attached hydrogen (secondary N) is 1. The van der Waals surface area contributed by atoms with Gasteiger partial charge in [0.2, 0.25) is 5.91 Å². The number of nitrogens with zero attached hydrogens (tertiary/aromatic N) is 1. The van der Waals surface area contributed by atoms with E-state index in [1.165, 1.54) is 5.56 Å². The molecule has 0 aliphatic carbocycles. The molecule has 1 fully saturated rings. The molecule has 0 aromatic heterocycles. The van der Waals surface area contributed by atoms with Crippen LogP contribution in [-0.2, 0) is 11.3 Å². The van der Waals surface area contributed by atoms with Crippen molar-refractivity contribution in [2.75, 3.05) is 25.0 Å². The highest BCUT2D eigenvalue weighted by Gasteiger charge is 2.25. The van der Waals surface area contributed by atoms with E-state index in [4.69, 9.17) is 4.74 Å². The number of rotatable bonds is 7. The van der Waals surface area contributed by atoms with Crippen LogP contribution < -0.4 is 10.1 Å². The van der Waals surface area contributed by atoms with Gasteiger partial charge in [-0.2, -0.15) is 0 Å². The Kier molecular flexibility index (Phi) is 7.07. The minimum Gasteiger partial charge on any atom is -0.489 e. The van der Waals surface area contributed by atoms with E-state index in [9.17, 15) is 4.79 Å². The highest BCUT2D eigenvalue weighted by atomic mass is 79.9. The lowest BCUT2D eigenvalue weighted by Gasteiger charge is -2.31. The molecule has 2 aromatic carbocycles. The maximum Gasteiger partial charge on any atom is 0.227 e. The number of anilines is 1. The second kappa shape index (κ2) is 9.72. The minimum absolute atomic E-state index is 0.0570. The third kappa shape index (κ3) is 5.94. The molecule has 1 aliphatic rings. The van der Waals surface area contributed by atoms with Crippen molar-refractivity contribution >= 4 is 27.5 Å². The zero-order valence-corrected chi connectivity index (χ0v) is 17.0. The average molecular weight is 429 g/mol. The maximum atomic E-state index is 12.6. The van der Waals surface area contributed by atoms with Crippen LogP contribution in [0.25, 0.3) is 0 Å². The van der Waals surface area contributed by atoms with Gasteiger partial charge < -0.3 is 10.1 Å². The molecule has 0 atom stereocenters. The Balaban J connectivity index is 1.49. The zero-order valence-electron chi connectivity index (χ0n) is 15.4. The lowest BCUT2D eigenvalue weighted by atomic mass is 9.95. The molecule has 142 valence electrons. The van der Waals surface area contributed by atoms with Crippen molar-refractivity contribution in [3.8, 4) is 5.75 Å². The van der Waals surface area contributed by atoms with Crippen LogP contribution in [0.1, 0.15) is 18.4 Å². The normalized spacial score (nSPS) is 15.3. The number of amides is 1. The molecule has 0 bridgehead atoms. The van der Waals surface area contributed by atoms with Crippen molar-refractivity contribution in [1.29, 1.82) is 0 Å². The molecule has 1 amide bonds. The fourth-order valence-corrected chi connectivity index (χ4v) is 3.76. The highest BCUT2D eigenvalue weighted by molar-refractivity contribution is 9.10. The lowest BCUT2D eigenvalue weighted by Crippen LogP contribution is -2.37. The van der Waals surface area contributed by atoms with Gasteiger partial charge in [0.15, 0.2) is 0 Å². The quantitative estimate of drug-likeness (QED) is 0.639. The Morgan fingerprint density at radius 3 is 2.74 bits per heavy atom. The van der Waals surface area contributed by atoms with Gasteiger partial charge in [0, 0.05) is 28.7 Å². The lowest BCUT2D eigenvalue weighted by molar-refractivity contribution is -0.121. The van der Waals surface area contributed by atoms with Crippen molar-refractivity contribution in [1.82, 2.24) is 4.90 Å². The number of hydrogen-bond donors (Lipinski definition) is 1. The van der Waals surface area contributed by atoms with Crippen LogP contribution >= 0.6 is 15.9 Å². The molecule has 0 radical (unpaired) electrons. The number of ether oxygens (including phenoxy) is 1. The number of halogens is 1. The van der Waals surface area contributed by atoms with Crippen LogP contribution in [0.2, 0.25) is 0 Å². The molecular weight excluding hydrogens is 404 g/mol. The highest BCUT2D eigenvalue weighted by Crippen LogP contribution is 2.23. The molecule has 2 aromatic rings. The molecule has 1 heterocycles. The van der Waals surface area contributed by atoms with Gasteiger partial charge in [0.25, 0.3) is 0 Å². The van der Waals surface area contributed by atoms with Crippen molar-refractivity contribution in [2.24, 2.45) is 5.92 Å². The van der Waals surface area contributed by atoms with Gasteiger partial charge in [-0.3, -0.25) is 9.69 Å². The predicted molar refractivity (Wildman–Crippen MR) is 113 cm³/mol. The molecule has 0 unspecified atom stereocenters. The molecule has 0 saturated carbocycles. The average Bonchev–Trinajstić information content (AvgIpc) is 2.67. The number of likely N-dealkylation sites (tertiary alicyclic amines) is 1. The first-order chi connectivity index (χ1) is 13.1. The van der Waals surface area contributed by atoms with Gasteiger partial charge in [-0.1, -0.05) is 46.8 Å². The summed E-state index contributed by atoms with van der Waals surface area (Å²) < 4.78 is 6.63. The monoisotopic (exact) mass is 428 g/mol. The largest absolute Gasteiger partial charge is 0.489 e. The van der Waals surface area contributed by atoms with Crippen LogP contribution in [0.15, 0.2) is 65.7 Å². The Bertz CT molecular complexity index is 785. The summed E-state index contributed by atoms with van der Waals surface area (Å²) in [5.41, 5.74) is 2.07. The first-order valence-corrected chi connectivity index (χ1v) is 10.0. The van der Waals surface area contributed by atoms with E-state index in [1.807, 2.05) is 30.3 Å². The van der Waals surface area contributed by atoms with Crippen LogP contribution in [-0.4, -0.2) is 30.5 Å². The van der Waals surface area contributed by atoms with E-state index in [0.29, 0.717) is 6.61 Å². The Morgan fingerprint density at radius 2 is 2.00 bits per heavy atom. The fourth-order valence-electron chi connectivity index (χ4n) is 3.31. The number of hydrogen-bond acceptors (Lipinski definition) is 3. The number of benzene rings is 2. The predicted octanol–water partition coefficient (Wildman–Crippen LogP) is 4.86. The molecule has 1 aliphatic heterocycles. The first kappa shape index (κ1) is 19.6. The van der Waals surface area contributed by atoms with Gasteiger partial charge in [-0.15, -0.1) is 0 Å². The summed E-state index contributed by atoms with van der Waals surface area (Å²) in [6.45, 7) is 6.90. The summed E-state index contributed by atoms with van der Waals surface area (Å²) in [4.78, 5) is 15.0. The van der Waals surface area contributed by atoms with Crippen molar-refractivity contribution < 1.29 is 9.53 Å². The molecule has 1 saturated heterocycles. The Morgan fingerprint density at radius 1 is 1.22 bits per heavy atom. The molecular formula is C22H25BrN2O2. The Labute approximate surface area is 169 Å². The number of carbonyl (C=O) groups excluding carboxylic acids is 1. The van der Waals surface area contributed by atoms with Gasteiger partial charge in [0.05, 0.1) is 0 Å². The van der Waals surface area contributed by atoms with Crippen LogP contribution in [0, 0.1) is 5.92 Å². The first-order valence-electron chi connectivity index (χ1n) is 9.25. The maximum absolute atomic E-state index is 12.6. The van der Waals surface area contributed by atoms with Crippen molar-refractivity contribution in [3.63, 3.8) is 0 Å². The smallest absolute Gasteiger partial charge is 0.227 e. The second-order valence-corrected chi connectivity index (χ2v) is 7.71. The Hall–Kier alpha value is -2.11. The van der Waals surface area contributed by atoms with Crippen LogP contribution in [0.5, 0.6) is 5.75 Å². The molecule has 5 heteroatoms. The van der Waals surface area contributed by atoms with Gasteiger partial charge in [0.1, 0.15) is 12.4 Å². The number of piperidine rings is 1. The van der Waals surface area contributed by atoms with Gasteiger partial charge in [-0.05, 0) is 55.8 Å².